The quantitative estimate of drug-likeness (QED) is 0.651. The summed E-state index contributed by atoms with van der Waals surface area (Å²) in [5.74, 6) is -0.120. The van der Waals surface area contributed by atoms with Crippen LogP contribution in [0.2, 0.25) is 0 Å². The van der Waals surface area contributed by atoms with Gasteiger partial charge in [-0.05, 0) is 13.0 Å². The number of hydrogen-bond acceptors (Lipinski definition) is 4. The Kier molecular flexibility index (Phi) is 2.11. The van der Waals surface area contributed by atoms with Crippen molar-refractivity contribution in [1.82, 2.24) is 24.8 Å². The highest BCUT2D eigenvalue weighted by Crippen LogP contribution is 2.08. The first-order valence-corrected chi connectivity index (χ1v) is 4.49. The van der Waals surface area contributed by atoms with E-state index in [1.807, 2.05) is 6.92 Å². The van der Waals surface area contributed by atoms with Gasteiger partial charge in [0.15, 0.2) is 0 Å². The molecule has 0 radical (unpaired) electrons. The average Bonchev–Trinajstić information content (AvgIpc) is 2.71. The van der Waals surface area contributed by atoms with Crippen molar-refractivity contribution in [3.8, 4) is 0 Å². The lowest BCUT2D eigenvalue weighted by Crippen LogP contribution is -2.12. The summed E-state index contributed by atoms with van der Waals surface area (Å²) in [5.41, 5.74) is 1.81. The molecule has 0 N–H and O–H groups in total. The number of carbonyl (C=O) groups is 1. The van der Waals surface area contributed by atoms with Crippen LogP contribution < -0.4 is 0 Å². The molecule has 0 bridgehead atoms. The second kappa shape index (κ2) is 3.30. The third-order valence-electron chi connectivity index (χ3n) is 2.18. The van der Waals surface area contributed by atoms with Crippen molar-refractivity contribution in [3.05, 3.63) is 29.3 Å². The molecule has 0 aromatic carbocycles. The summed E-state index contributed by atoms with van der Waals surface area (Å²) in [6, 6.07) is 1.75. The van der Waals surface area contributed by atoms with E-state index in [0.717, 1.165) is 5.69 Å². The molecule has 0 aliphatic rings. The highest BCUT2D eigenvalue weighted by molar-refractivity contribution is 6.06. The number of rotatable bonds is 2. The van der Waals surface area contributed by atoms with Gasteiger partial charge in [0.25, 0.3) is 0 Å². The van der Waals surface area contributed by atoms with Crippen molar-refractivity contribution in [3.63, 3.8) is 0 Å². The smallest absolute Gasteiger partial charge is 0.230 e. The summed E-state index contributed by atoms with van der Waals surface area (Å²) in [7, 11) is 3.42. The minimum atomic E-state index is -0.120. The van der Waals surface area contributed by atoms with Gasteiger partial charge in [0.05, 0.1) is 11.9 Å². The van der Waals surface area contributed by atoms with Crippen LogP contribution in [-0.2, 0) is 14.1 Å². The van der Waals surface area contributed by atoms with Crippen LogP contribution in [0.3, 0.4) is 0 Å². The summed E-state index contributed by atoms with van der Waals surface area (Å²) in [6.07, 6.45) is 1.45. The molecular formula is C9H11N5O. The van der Waals surface area contributed by atoms with E-state index in [1.165, 1.54) is 10.9 Å². The minimum Gasteiger partial charge on any atom is -0.285 e. The van der Waals surface area contributed by atoms with E-state index < -0.39 is 0 Å². The molecule has 0 aliphatic heterocycles. The first kappa shape index (κ1) is 9.57. The molecule has 0 amide bonds. The van der Waals surface area contributed by atoms with E-state index in [-0.39, 0.29) is 5.78 Å². The van der Waals surface area contributed by atoms with Crippen LogP contribution in [0.15, 0.2) is 12.3 Å². The standard InChI is InChI=1S/C9H11N5O/c1-6-4-7(13(2)11-6)9(15)8-5-10-12-14(8)3/h4-5H,1-3H3. The van der Waals surface area contributed by atoms with E-state index in [9.17, 15) is 4.79 Å². The first-order valence-electron chi connectivity index (χ1n) is 4.49. The largest absolute Gasteiger partial charge is 0.285 e. The number of hydrogen-bond donors (Lipinski definition) is 0. The van der Waals surface area contributed by atoms with Crippen LogP contribution >= 0.6 is 0 Å². The summed E-state index contributed by atoms with van der Waals surface area (Å²) < 4.78 is 3.01. The van der Waals surface area contributed by atoms with Crippen LogP contribution in [0.1, 0.15) is 21.9 Å². The molecule has 2 rings (SSSR count). The van der Waals surface area contributed by atoms with Gasteiger partial charge in [-0.3, -0.25) is 9.48 Å². The maximum atomic E-state index is 12.0. The molecule has 0 saturated heterocycles. The number of aromatic nitrogens is 5. The number of ketones is 1. The summed E-state index contributed by atoms with van der Waals surface area (Å²) in [5, 5.41) is 11.5. The highest BCUT2D eigenvalue weighted by atomic mass is 16.1. The Morgan fingerprint density at radius 1 is 1.27 bits per heavy atom. The van der Waals surface area contributed by atoms with E-state index in [2.05, 4.69) is 15.4 Å². The Labute approximate surface area is 86.5 Å². The molecule has 0 aliphatic carbocycles. The van der Waals surface area contributed by atoms with Gasteiger partial charge in [-0.2, -0.15) is 5.10 Å². The van der Waals surface area contributed by atoms with Gasteiger partial charge in [-0.25, -0.2) is 4.68 Å². The van der Waals surface area contributed by atoms with Gasteiger partial charge in [0.2, 0.25) is 5.78 Å². The van der Waals surface area contributed by atoms with Gasteiger partial charge in [-0.1, -0.05) is 5.21 Å². The fraction of sp³-hybridized carbons (Fsp3) is 0.333. The van der Waals surface area contributed by atoms with Crippen molar-refractivity contribution in [2.45, 2.75) is 6.92 Å². The Morgan fingerprint density at radius 3 is 2.47 bits per heavy atom. The monoisotopic (exact) mass is 205 g/mol. The molecule has 0 saturated carbocycles. The normalized spacial score (nSPS) is 10.6. The van der Waals surface area contributed by atoms with E-state index >= 15 is 0 Å². The summed E-state index contributed by atoms with van der Waals surface area (Å²) in [4.78, 5) is 12.0. The van der Waals surface area contributed by atoms with Crippen molar-refractivity contribution < 1.29 is 4.79 Å². The predicted molar refractivity (Wildman–Crippen MR) is 52.4 cm³/mol. The molecule has 0 atom stereocenters. The number of nitrogens with zero attached hydrogens (tertiary/aromatic N) is 5. The van der Waals surface area contributed by atoms with Crippen molar-refractivity contribution in [2.75, 3.05) is 0 Å². The summed E-state index contributed by atoms with van der Waals surface area (Å²) in [6.45, 7) is 1.85. The molecule has 6 heteroatoms. The molecule has 2 heterocycles. The summed E-state index contributed by atoms with van der Waals surface area (Å²) >= 11 is 0. The molecule has 0 fully saturated rings. The van der Waals surface area contributed by atoms with Crippen molar-refractivity contribution >= 4 is 5.78 Å². The maximum absolute atomic E-state index is 12.0. The SMILES string of the molecule is Cc1cc(C(=O)c2cnnn2C)n(C)n1. The molecule has 0 unspecified atom stereocenters. The second-order valence-electron chi connectivity index (χ2n) is 3.37. The molecule has 2 aromatic heterocycles. The van der Waals surface area contributed by atoms with Gasteiger partial charge < -0.3 is 0 Å². The molecular weight excluding hydrogens is 194 g/mol. The lowest BCUT2D eigenvalue weighted by Gasteiger charge is -1.99. The Bertz CT molecular complexity index is 510. The maximum Gasteiger partial charge on any atom is 0.230 e. The van der Waals surface area contributed by atoms with Crippen LogP contribution in [0.5, 0.6) is 0 Å². The zero-order valence-electron chi connectivity index (χ0n) is 8.80. The van der Waals surface area contributed by atoms with Gasteiger partial charge >= 0.3 is 0 Å². The van der Waals surface area contributed by atoms with Gasteiger partial charge in [-0.15, -0.1) is 5.10 Å². The molecule has 15 heavy (non-hydrogen) atoms. The van der Waals surface area contributed by atoms with E-state index in [0.29, 0.717) is 11.4 Å². The zero-order chi connectivity index (χ0) is 11.0. The third kappa shape index (κ3) is 1.54. The predicted octanol–water partition coefficient (Wildman–Crippen LogP) is 0.0880. The van der Waals surface area contributed by atoms with Crippen molar-refractivity contribution in [2.24, 2.45) is 14.1 Å². The zero-order valence-corrected chi connectivity index (χ0v) is 8.80. The van der Waals surface area contributed by atoms with Crippen LogP contribution in [0.25, 0.3) is 0 Å². The molecule has 6 nitrogen and oxygen atoms in total. The second-order valence-corrected chi connectivity index (χ2v) is 3.37. The molecule has 0 spiro atoms. The highest BCUT2D eigenvalue weighted by Gasteiger charge is 2.17. The van der Waals surface area contributed by atoms with Crippen LogP contribution in [0, 0.1) is 6.92 Å². The average molecular weight is 205 g/mol. The number of carbonyl (C=O) groups excluding carboxylic acids is 1. The Balaban J connectivity index is 2.45. The fourth-order valence-corrected chi connectivity index (χ4v) is 1.45. The third-order valence-corrected chi connectivity index (χ3v) is 2.18. The molecule has 2 aromatic rings. The van der Waals surface area contributed by atoms with Crippen LogP contribution in [0.4, 0.5) is 0 Å². The topological polar surface area (TPSA) is 65.6 Å². The lowest BCUT2D eigenvalue weighted by atomic mass is 10.2. The van der Waals surface area contributed by atoms with E-state index in [1.54, 1.807) is 24.8 Å². The lowest BCUT2D eigenvalue weighted by molar-refractivity contribution is 0.102. The Morgan fingerprint density at radius 2 is 2.00 bits per heavy atom. The molecule has 78 valence electrons. The van der Waals surface area contributed by atoms with Crippen molar-refractivity contribution in [1.29, 1.82) is 0 Å². The van der Waals surface area contributed by atoms with Gasteiger partial charge in [0, 0.05) is 14.1 Å². The Hall–Kier alpha value is -1.98. The minimum absolute atomic E-state index is 0.120. The van der Waals surface area contributed by atoms with Crippen LogP contribution in [-0.4, -0.2) is 30.6 Å². The fourth-order valence-electron chi connectivity index (χ4n) is 1.45. The van der Waals surface area contributed by atoms with Gasteiger partial charge in [0.1, 0.15) is 11.4 Å². The first-order chi connectivity index (χ1) is 7.09. The number of aryl methyl sites for hydroxylation is 3. The van der Waals surface area contributed by atoms with E-state index in [4.69, 9.17) is 0 Å².